The fourth-order valence-corrected chi connectivity index (χ4v) is 2.28. The van der Waals surface area contributed by atoms with E-state index in [1.807, 2.05) is 6.08 Å². The van der Waals surface area contributed by atoms with E-state index in [0.29, 0.717) is 0 Å². The number of hydrogen-bond acceptors (Lipinski definition) is 1. The molecule has 0 bridgehead atoms. The average Bonchev–Trinajstić information content (AvgIpc) is 2.17. The van der Waals surface area contributed by atoms with Gasteiger partial charge in [0, 0.05) is 0 Å². The Kier molecular flexibility index (Phi) is 3.45. The summed E-state index contributed by atoms with van der Waals surface area (Å²) in [4.78, 5) is 0. The van der Waals surface area contributed by atoms with Crippen LogP contribution >= 0.6 is 0 Å². The Morgan fingerprint density at radius 2 is 1.77 bits per heavy atom. The molecule has 0 spiro atoms. The van der Waals surface area contributed by atoms with E-state index in [2.05, 4.69) is 56.1 Å². The molecule has 0 amide bonds. The minimum absolute atomic E-state index is 0.510. The van der Waals surface area contributed by atoms with Crippen molar-refractivity contribution in [3.63, 3.8) is 0 Å². The van der Waals surface area contributed by atoms with E-state index in [1.54, 1.807) is 0 Å². The van der Waals surface area contributed by atoms with Gasteiger partial charge in [0.15, 0.2) is 8.96 Å². The molecule has 1 aromatic carbocycles. The van der Waals surface area contributed by atoms with Crippen molar-refractivity contribution in [3.8, 4) is 0 Å². The first-order valence-electron chi connectivity index (χ1n) is 4.39. The van der Waals surface area contributed by atoms with Crippen molar-refractivity contribution in [2.24, 2.45) is 0 Å². The second-order valence-corrected chi connectivity index (χ2v) is 5.95. The third kappa shape index (κ3) is 2.54. The van der Waals surface area contributed by atoms with E-state index >= 15 is 0 Å². The lowest BCUT2D eigenvalue weighted by molar-refractivity contribution is 0.653. The van der Waals surface area contributed by atoms with E-state index in [4.69, 9.17) is 0 Å². The van der Waals surface area contributed by atoms with Crippen LogP contribution in [0.2, 0.25) is 6.55 Å². The molecule has 1 aromatic rings. The lowest BCUT2D eigenvalue weighted by Crippen LogP contribution is -2.40. The third-order valence-corrected chi connectivity index (χ3v) is 4.75. The van der Waals surface area contributed by atoms with Crippen molar-refractivity contribution in [2.75, 3.05) is 14.1 Å². The van der Waals surface area contributed by atoms with Gasteiger partial charge in [-0.1, -0.05) is 43.5 Å². The molecule has 0 atom stereocenters. The zero-order valence-electron chi connectivity index (χ0n) is 8.54. The first kappa shape index (κ1) is 10.2. The summed E-state index contributed by atoms with van der Waals surface area (Å²) in [6.07, 6.45) is 1.88. The van der Waals surface area contributed by atoms with Crippen molar-refractivity contribution < 1.29 is 0 Å². The molecular weight excluding hydrogens is 174 g/mol. The number of benzene rings is 1. The molecule has 2 heteroatoms. The van der Waals surface area contributed by atoms with Gasteiger partial charge in [0.2, 0.25) is 0 Å². The summed E-state index contributed by atoms with van der Waals surface area (Å²) in [6, 6.07) is 8.65. The summed E-state index contributed by atoms with van der Waals surface area (Å²) in [5.41, 5.74) is 1.19. The van der Waals surface area contributed by atoms with Crippen LogP contribution < -0.4 is 5.19 Å². The molecule has 0 fully saturated rings. The Balaban J connectivity index is 2.85. The van der Waals surface area contributed by atoms with Gasteiger partial charge in [0.05, 0.1) is 0 Å². The minimum Gasteiger partial charge on any atom is -0.326 e. The smallest absolute Gasteiger partial charge is 0.168 e. The van der Waals surface area contributed by atoms with Crippen molar-refractivity contribution in [1.82, 2.24) is 4.57 Å². The number of hydrogen-bond donors (Lipinski definition) is 0. The molecule has 0 aliphatic heterocycles. The van der Waals surface area contributed by atoms with Crippen LogP contribution in [0.1, 0.15) is 5.56 Å². The monoisotopic (exact) mass is 190 g/mol. The maximum absolute atomic E-state index is 3.74. The first-order valence-corrected chi connectivity index (χ1v) is 6.33. The molecule has 0 saturated heterocycles. The predicted octanol–water partition coefficient (Wildman–Crippen LogP) is 1.72. The number of nitrogens with zero attached hydrogens (tertiary/aromatic N) is 1. The standard InChI is InChI=1S/C11H16NSi/c1-5-10-6-8-11(9-7-10)13(4)12(2)3/h5-9H,1H2,2-4H3. The van der Waals surface area contributed by atoms with E-state index < -0.39 is 8.96 Å². The van der Waals surface area contributed by atoms with E-state index in [1.165, 1.54) is 10.8 Å². The lowest BCUT2D eigenvalue weighted by Gasteiger charge is -2.17. The maximum Gasteiger partial charge on any atom is 0.168 e. The van der Waals surface area contributed by atoms with Gasteiger partial charge in [-0.2, -0.15) is 0 Å². The minimum atomic E-state index is -0.510. The third-order valence-electron chi connectivity index (χ3n) is 2.23. The van der Waals surface area contributed by atoms with Crippen molar-refractivity contribution in [2.45, 2.75) is 6.55 Å². The van der Waals surface area contributed by atoms with E-state index in [9.17, 15) is 0 Å². The highest BCUT2D eigenvalue weighted by atomic mass is 28.3. The van der Waals surface area contributed by atoms with Gasteiger partial charge in [-0.15, -0.1) is 0 Å². The van der Waals surface area contributed by atoms with Gasteiger partial charge < -0.3 is 4.57 Å². The van der Waals surface area contributed by atoms with Gasteiger partial charge in [0.25, 0.3) is 0 Å². The zero-order chi connectivity index (χ0) is 9.84. The van der Waals surface area contributed by atoms with Crippen LogP contribution in [0, 0.1) is 0 Å². The van der Waals surface area contributed by atoms with Gasteiger partial charge in [-0.05, 0) is 24.8 Å². The molecule has 69 valence electrons. The fourth-order valence-electron chi connectivity index (χ4n) is 1.12. The predicted molar refractivity (Wildman–Crippen MR) is 61.5 cm³/mol. The van der Waals surface area contributed by atoms with Gasteiger partial charge in [0.1, 0.15) is 0 Å². The summed E-state index contributed by atoms with van der Waals surface area (Å²) in [7, 11) is 3.76. The normalized spacial score (nSPS) is 10.8. The van der Waals surface area contributed by atoms with Crippen LogP contribution in [0.15, 0.2) is 30.8 Å². The highest BCUT2D eigenvalue weighted by Gasteiger charge is 2.09. The molecule has 0 saturated carbocycles. The van der Waals surface area contributed by atoms with Crippen molar-refractivity contribution >= 4 is 20.2 Å². The maximum atomic E-state index is 3.74. The fraction of sp³-hybridized carbons (Fsp3) is 0.273. The summed E-state index contributed by atoms with van der Waals surface area (Å²) in [6.45, 7) is 6.04. The summed E-state index contributed by atoms with van der Waals surface area (Å²) in [5, 5.41) is 1.45. The quantitative estimate of drug-likeness (QED) is 0.656. The molecule has 1 nitrogen and oxygen atoms in total. The average molecular weight is 190 g/mol. The Labute approximate surface area is 82.4 Å². The highest BCUT2D eigenvalue weighted by molar-refractivity contribution is 6.69. The van der Waals surface area contributed by atoms with Crippen LogP contribution in [0.25, 0.3) is 6.08 Å². The Morgan fingerprint density at radius 1 is 1.23 bits per heavy atom. The van der Waals surface area contributed by atoms with Crippen molar-refractivity contribution in [1.29, 1.82) is 0 Å². The Hall–Kier alpha value is -0.863. The van der Waals surface area contributed by atoms with E-state index in [0.717, 1.165) is 0 Å². The van der Waals surface area contributed by atoms with Gasteiger partial charge >= 0.3 is 0 Å². The Bertz CT molecular complexity index is 277. The largest absolute Gasteiger partial charge is 0.326 e. The first-order chi connectivity index (χ1) is 6.15. The molecule has 0 aromatic heterocycles. The Morgan fingerprint density at radius 3 is 2.15 bits per heavy atom. The van der Waals surface area contributed by atoms with Crippen LogP contribution in [-0.2, 0) is 0 Å². The molecule has 0 N–H and O–H groups in total. The summed E-state index contributed by atoms with van der Waals surface area (Å²) < 4.78 is 2.30. The SMILES string of the molecule is C=Cc1ccc([Si](C)N(C)C)cc1. The van der Waals surface area contributed by atoms with Crippen LogP contribution in [0.5, 0.6) is 0 Å². The van der Waals surface area contributed by atoms with Crippen molar-refractivity contribution in [3.05, 3.63) is 36.4 Å². The molecule has 0 aliphatic rings. The second kappa shape index (κ2) is 4.39. The van der Waals surface area contributed by atoms with Crippen LogP contribution in [0.3, 0.4) is 0 Å². The molecule has 0 aliphatic carbocycles. The number of rotatable bonds is 3. The van der Waals surface area contributed by atoms with E-state index in [-0.39, 0.29) is 0 Å². The highest BCUT2D eigenvalue weighted by Crippen LogP contribution is 1.99. The molecular formula is C11H16NSi. The molecule has 0 heterocycles. The summed E-state index contributed by atoms with van der Waals surface area (Å²) in [5.74, 6) is 0. The zero-order valence-corrected chi connectivity index (χ0v) is 9.54. The second-order valence-electron chi connectivity index (χ2n) is 3.31. The molecule has 0 unspecified atom stereocenters. The summed E-state index contributed by atoms with van der Waals surface area (Å²) >= 11 is 0. The topological polar surface area (TPSA) is 3.24 Å². The van der Waals surface area contributed by atoms with Crippen LogP contribution in [-0.4, -0.2) is 27.6 Å². The molecule has 13 heavy (non-hydrogen) atoms. The molecule has 1 radical (unpaired) electrons. The van der Waals surface area contributed by atoms with Gasteiger partial charge in [-0.25, -0.2) is 0 Å². The molecule has 1 rings (SSSR count). The van der Waals surface area contributed by atoms with Crippen LogP contribution in [0.4, 0.5) is 0 Å². The van der Waals surface area contributed by atoms with Gasteiger partial charge in [-0.3, -0.25) is 0 Å². The lowest BCUT2D eigenvalue weighted by atomic mass is 10.2.